The number of anilines is 1. The molecule has 98 valence electrons. The van der Waals surface area contributed by atoms with Crippen LogP contribution in [0.3, 0.4) is 0 Å². The number of ether oxygens (including phenoxy) is 2. The number of benzene rings is 1. The number of aryl methyl sites for hydroxylation is 1. The van der Waals surface area contributed by atoms with Gasteiger partial charge in [-0.3, -0.25) is 9.59 Å². The first kappa shape index (κ1) is 14.0. The molecule has 0 saturated carbocycles. The second kappa shape index (κ2) is 6.05. The zero-order valence-corrected chi connectivity index (χ0v) is 10.9. The molecule has 1 N–H and O–H groups in total. The Balaban J connectivity index is 2.80. The average molecular weight is 251 g/mol. The van der Waals surface area contributed by atoms with Gasteiger partial charge in [-0.05, 0) is 31.5 Å². The fourth-order valence-corrected chi connectivity index (χ4v) is 1.46. The Labute approximate surface area is 106 Å². The van der Waals surface area contributed by atoms with Crippen LogP contribution in [0.25, 0.3) is 0 Å². The molecule has 0 bridgehead atoms. The van der Waals surface area contributed by atoms with Gasteiger partial charge in [-0.2, -0.15) is 0 Å². The zero-order valence-electron chi connectivity index (χ0n) is 10.9. The number of methoxy groups -OCH3 is 1. The first-order chi connectivity index (χ1) is 8.43. The number of carbonyl (C=O) groups is 2. The molecule has 0 aliphatic heterocycles. The summed E-state index contributed by atoms with van der Waals surface area (Å²) in [6, 6.07) is 5.43. The number of esters is 1. The van der Waals surface area contributed by atoms with E-state index in [1.54, 1.807) is 12.1 Å². The summed E-state index contributed by atoms with van der Waals surface area (Å²) in [5.74, 6) is -0.327. The predicted octanol–water partition coefficient (Wildman–Crippen LogP) is 1.89. The summed E-state index contributed by atoms with van der Waals surface area (Å²) in [7, 11) is 1.52. The van der Waals surface area contributed by atoms with Crippen molar-refractivity contribution in [2.24, 2.45) is 0 Å². The van der Waals surface area contributed by atoms with E-state index in [2.05, 4.69) is 5.32 Å². The third kappa shape index (κ3) is 3.76. The standard InChI is InChI=1S/C13H17NO4/c1-8-5-6-12(17-4)11(7-8)14-13(16)9(2)18-10(3)15/h5-7,9H,1-4H3,(H,14,16)/t9-/m1/s1. The molecule has 0 aliphatic rings. The van der Waals surface area contributed by atoms with Crippen molar-refractivity contribution >= 4 is 17.6 Å². The van der Waals surface area contributed by atoms with Crippen LogP contribution in [-0.2, 0) is 14.3 Å². The van der Waals surface area contributed by atoms with Crippen molar-refractivity contribution in [2.75, 3.05) is 12.4 Å². The number of carbonyl (C=O) groups excluding carboxylic acids is 2. The topological polar surface area (TPSA) is 64.6 Å². The quantitative estimate of drug-likeness (QED) is 0.830. The van der Waals surface area contributed by atoms with Crippen molar-refractivity contribution in [3.05, 3.63) is 23.8 Å². The fraction of sp³-hybridized carbons (Fsp3) is 0.385. The third-order valence-electron chi connectivity index (χ3n) is 2.32. The largest absolute Gasteiger partial charge is 0.495 e. The monoisotopic (exact) mass is 251 g/mol. The van der Waals surface area contributed by atoms with Gasteiger partial charge in [0.25, 0.3) is 5.91 Å². The maximum absolute atomic E-state index is 11.8. The van der Waals surface area contributed by atoms with Crippen molar-refractivity contribution in [3.8, 4) is 5.75 Å². The van der Waals surface area contributed by atoms with Gasteiger partial charge in [-0.15, -0.1) is 0 Å². The van der Waals surface area contributed by atoms with Gasteiger partial charge in [-0.25, -0.2) is 0 Å². The van der Waals surface area contributed by atoms with Gasteiger partial charge >= 0.3 is 5.97 Å². The molecule has 5 heteroatoms. The van der Waals surface area contributed by atoms with Crippen LogP contribution in [0.15, 0.2) is 18.2 Å². The minimum atomic E-state index is -0.840. The highest BCUT2D eigenvalue weighted by molar-refractivity contribution is 5.96. The summed E-state index contributed by atoms with van der Waals surface area (Å²) in [5.41, 5.74) is 1.55. The smallest absolute Gasteiger partial charge is 0.303 e. The third-order valence-corrected chi connectivity index (χ3v) is 2.32. The average Bonchev–Trinajstić information content (AvgIpc) is 2.28. The van der Waals surface area contributed by atoms with Crippen LogP contribution in [0.1, 0.15) is 19.4 Å². The summed E-state index contributed by atoms with van der Waals surface area (Å²) >= 11 is 0. The lowest BCUT2D eigenvalue weighted by atomic mass is 10.2. The van der Waals surface area contributed by atoms with E-state index in [1.165, 1.54) is 21.0 Å². The fourth-order valence-electron chi connectivity index (χ4n) is 1.46. The molecule has 0 fully saturated rings. The molecule has 1 atom stereocenters. The van der Waals surface area contributed by atoms with Crippen LogP contribution < -0.4 is 10.1 Å². The van der Waals surface area contributed by atoms with E-state index in [-0.39, 0.29) is 0 Å². The van der Waals surface area contributed by atoms with E-state index in [1.807, 2.05) is 13.0 Å². The number of amides is 1. The summed E-state index contributed by atoms with van der Waals surface area (Å²) in [5, 5.41) is 2.67. The molecule has 1 amide bonds. The van der Waals surface area contributed by atoms with E-state index < -0.39 is 18.0 Å². The van der Waals surface area contributed by atoms with E-state index >= 15 is 0 Å². The Hall–Kier alpha value is -2.04. The minimum Gasteiger partial charge on any atom is -0.495 e. The zero-order chi connectivity index (χ0) is 13.7. The first-order valence-electron chi connectivity index (χ1n) is 5.56. The molecule has 0 heterocycles. The minimum absolute atomic E-state index is 0.394. The van der Waals surface area contributed by atoms with Crippen LogP contribution in [0.5, 0.6) is 5.75 Å². The number of rotatable bonds is 4. The highest BCUT2D eigenvalue weighted by Gasteiger charge is 2.17. The van der Waals surface area contributed by atoms with Crippen molar-refractivity contribution in [2.45, 2.75) is 26.9 Å². The maximum Gasteiger partial charge on any atom is 0.303 e. The van der Waals surface area contributed by atoms with Crippen molar-refractivity contribution in [1.82, 2.24) is 0 Å². The predicted molar refractivity (Wildman–Crippen MR) is 67.6 cm³/mol. The molecular weight excluding hydrogens is 234 g/mol. The molecule has 5 nitrogen and oxygen atoms in total. The van der Waals surface area contributed by atoms with E-state index in [0.29, 0.717) is 11.4 Å². The Morgan fingerprint density at radius 2 is 2.00 bits per heavy atom. The highest BCUT2D eigenvalue weighted by Crippen LogP contribution is 2.25. The molecule has 0 aliphatic carbocycles. The van der Waals surface area contributed by atoms with Gasteiger partial charge in [0.15, 0.2) is 6.10 Å². The molecule has 1 rings (SSSR count). The molecule has 0 aromatic heterocycles. The Morgan fingerprint density at radius 1 is 1.33 bits per heavy atom. The SMILES string of the molecule is COc1ccc(C)cc1NC(=O)[C@@H](C)OC(C)=O. The van der Waals surface area contributed by atoms with E-state index in [0.717, 1.165) is 5.56 Å². The number of hydrogen-bond acceptors (Lipinski definition) is 4. The molecule has 0 saturated heterocycles. The lowest BCUT2D eigenvalue weighted by molar-refractivity contribution is -0.150. The number of nitrogens with one attached hydrogen (secondary N) is 1. The molecule has 1 aromatic carbocycles. The van der Waals surface area contributed by atoms with Crippen LogP contribution in [0, 0.1) is 6.92 Å². The Morgan fingerprint density at radius 3 is 2.56 bits per heavy atom. The number of hydrogen-bond donors (Lipinski definition) is 1. The van der Waals surface area contributed by atoms with Gasteiger partial charge in [0.05, 0.1) is 12.8 Å². The lowest BCUT2D eigenvalue weighted by Gasteiger charge is -2.14. The van der Waals surface area contributed by atoms with Crippen LogP contribution >= 0.6 is 0 Å². The van der Waals surface area contributed by atoms with Gasteiger partial charge in [0.1, 0.15) is 5.75 Å². The Kier molecular flexibility index (Phi) is 4.71. The van der Waals surface area contributed by atoms with Crippen LogP contribution in [-0.4, -0.2) is 25.1 Å². The van der Waals surface area contributed by atoms with Gasteiger partial charge < -0.3 is 14.8 Å². The van der Waals surface area contributed by atoms with Gasteiger partial charge in [-0.1, -0.05) is 6.07 Å². The van der Waals surface area contributed by atoms with Crippen molar-refractivity contribution < 1.29 is 19.1 Å². The van der Waals surface area contributed by atoms with Gasteiger partial charge in [0, 0.05) is 6.92 Å². The van der Waals surface area contributed by atoms with E-state index in [4.69, 9.17) is 9.47 Å². The Bertz CT molecular complexity index is 456. The molecule has 0 unspecified atom stereocenters. The van der Waals surface area contributed by atoms with Gasteiger partial charge in [0.2, 0.25) is 0 Å². The normalized spacial score (nSPS) is 11.6. The lowest BCUT2D eigenvalue weighted by Crippen LogP contribution is -2.29. The molecule has 18 heavy (non-hydrogen) atoms. The molecule has 0 radical (unpaired) electrons. The molecule has 0 spiro atoms. The summed E-state index contributed by atoms with van der Waals surface area (Å²) in [4.78, 5) is 22.5. The summed E-state index contributed by atoms with van der Waals surface area (Å²) < 4.78 is 9.94. The molecular formula is C13H17NO4. The van der Waals surface area contributed by atoms with Crippen molar-refractivity contribution in [1.29, 1.82) is 0 Å². The summed E-state index contributed by atoms with van der Waals surface area (Å²) in [6.45, 7) is 4.68. The molecule has 1 aromatic rings. The second-order valence-corrected chi connectivity index (χ2v) is 3.94. The second-order valence-electron chi connectivity index (χ2n) is 3.94. The van der Waals surface area contributed by atoms with Crippen LogP contribution in [0.2, 0.25) is 0 Å². The van der Waals surface area contributed by atoms with Crippen LogP contribution in [0.4, 0.5) is 5.69 Å². The van der Waals surface area contributed by atoms with Crippen molar-refractivity contribution in [3.63, 3.8) is 0 Å². The summed E-state index contributed by atoms with van der Waals surface area (Å²) in [6.07, 6.45) is -0.840. The maximum atomic E-state index is 11.8. The first-order valence-corrected chi connectivity index (χ1v) is 5.56. The highest BCUT2D eigenvalue weighted by atomic mass is 16.5. The van der Waals surface area contributed by atoms with E-state index in [9.17, 15) is 9.59 Å².